The SMILES string of the molecule is CCN1C(=O)CCc2cc(NC(=O)c3cc(C)ccc3C)ccc21. The van der Waals surface area contributed by atoms with Crippen molar-refractivity contribution < 1.29 is 9.59 Å². The number of anilines is 2. The molecule has 2 amide bonds. The molecule has 0 saturated carbocycles. The van der Waals surface area contributed by atoms with Crippen LogP contribution in [0.2, 0.25) is 0 Å². The van der Waals surface area contributed by atoms with Crippen LogP contribution >= 0.6 is 0 Å². The Morgan fingerprint density at radius 2 is 1.92 bits per heavy atom. The molecule has 0 atom stereocenters. The maximum atomic E-state index is 12.6. The van der Waals surface area contributed by atoms with Crippen LogP contribution in [0.3, 0.4) is 0 Å². The van der Waals surface area contributed by atoms with Gasteiger partial charge in [-0.2, -0.15) is 0 Å². The number of nitrogens with one attached hydrogen (secondary N) is 1. The Balaban J connectivity index is 1.85. The summed E-state index contributed by atoms with van der Waals surface area (Å²) in [6.45, 7) is 6.56. The second kappa shape index (κ2) is 6.48. The van der Waals surface area contributed by atoms with Crippen LogP contribution < -0.4 is 10.2 Å². The van der Waals surface area contributed by atoms with Crippen molar-refractivity contribution in [2.75, 3.05) is 16.8 Å². The first-order chi connectivity index (χ1) is 11.5. The van der Waals surface area contributed by atoms with Crippen molar-refractivity contribution in [1.82, 2.24) is 0 Å². The third kappa shape index (κ3) is 3.04. The number of fused-ring (bicyclic) bond motifs is 1. The van der Waals surface area contributed by atoms with Crippen LogP contribution in [0.4, 0.5) is 11.4 Å². The summed E-state index contributed by atoms with van der Waals surface area (Å²) in [5, 5.41) is 2.98. The van der Waals surface area contributed by atoms with Crippen LogP contribution in [0.1, 0.15) is 40.4 Å². The minimum Gasteiger partial charge on any atom is -0.322 e. The van der Waals surface area contributed by atoms with Gasteiger partial charge in [0.05, 0.1) is 0 Å². The van der Waals surface area contributed by atoms with Gasteiger partial charge in [-0.3, -0.25) is 9.59 Å². The van der Waals surface area contributed by atoms with Crippen molar-refractivity contribution in [2.45, 2.75) is 33.6 Å². The first kappa shape index (κ1) is 16.2. The van der Waals surface area contributed by atoms with Crippen LogP contribution in [0.15, 0.2) is 36.4 Å². The molecule has 4 nitrogen and oxygen atoms in total. The predicted octanol–water partition coefficient (Wildman–Crippen LogP) is 3.85. The van der Waals surface area contributed by atoms with Gasteiger partial charge in [-0.05, 0) is 62.6 Å². The summed E-state index contributed by atoms with van der Waals surface area (Å²) in [5.41, 5.74) is 5.55. The Bertz CT molecular complexity index is 811. The maximum absolute atomic E-state index is 12.6. The minimum atomic E-state index is -0.101. The Labute approximate surface area is 142 Å². The predicted molar refractivity (Wildman–Crippen MR) is 96.7 cm³/mol. The molecule has 0 spiro atoms. The highest BCUT2D eigenvalue weighted by atomic mass is 16.2. The van der Waals surface area contributed by atoms with E-state index in [0.29, 0.717) is 18.5 Å². The molecule has 124 valence electrons. The lowest BCUT2D eigenvalue weighted by atomic mass is 10.00. The van der Waals surface area contributed by atoms with Crippen molar-refractivity contribution in [3.8, 4) is 0 Å². The number of nitrogens with zero attached hydrogens (tertiary/aromatic N) is 1. The molecule has 0 fully saturated rings. The number of hydrogen-bond donors (Lipinski definition) is 1. The fraction of sp³-hybridized carbons (Fsp3) is 0.300. The van der Waals surface area contributed by atoms with Gasteiger partial charge in [0.25, 0.3) is 5.91 Å². The van der Waals surface area contributed by atoms with E-state index in [0.717, 1.165) is 34.5 Å². The van der Waals surface area contributed by atoms with E-state index in [2.05, 4.69) is 5.32 Å². The molecule has 0 aromatic heterocycles. The topological polar surface area (TPSA) is 49.4 Å². The molecule has 3 rings (SSSR count). The monoisotopic (exact) mass is 322 g/mol. The number of carbonyl (C=O) groups is 2. The molecule has 1 heterocycles. The van der Waals surface area contributed by atoms with E-state index in [1.807, 2.05) is 57.2 Å². The first-order valence-electron chi connectivity index (χ1n) is 8.31. The zero-order valence-corrected chi connectivity index (χ0v) is 14.3. The Morgan fingerprint density at radius 1 is 1.12 bits per heavy atom. The largest absolute Gasteiger partial charge is 0.322 e. The number of benzene rings is 2. The number of hydrogen-bond acceptors (Lipinski definition) is 2. The minimum absolute atomic E-state index is 0.101. The Morgan fingerprint density at radius 3 is 2.67 bits per heavy atom. The standard InChI is InChI=1S/C20H22N2O2/c1-4-22-18-9-8-16(12-15(18)7-10-19(22)23)21-20(24)17-11-13(2)5-6-14(17)3/h5-6,8-9,11-12H,4,7,10H2,1-3H3,(H,21,24). The molecule has 1 N–H and O–H groups in total. The van der Waals surface area contributed by atoms with E-state index in [4.69, 9.17) is 0 Å². The van der Waals surface area contributed by atoms with Gasteiger partial charge < -0.3 is 10.2 Å². The summed E-state index contributed by atoms with van der Waals surface area (Å²) in [6, 6.07) is 11.6. The molecule has 0 unspecified atom stereocenters. The average molecular weight is 322 g/mol. The van der Waals surface area contributed by atoms with Crippen molar-refractivity contribution >= 4 is 23.2 Å². The lowest BCUT2D eigenvalue weighted by Gasteiger charge is -2.28. The molecule has 0 aliphatic carbocycles. The van der Waals surface area contributed by atoms with E-state index < -0.39 is 0 Å². The van der Waals surface area contributed by atoms with E-state index in [-0.39, 0.29) is 11.8 Å². The fourth-order valence-electron chi connectivity index (χ4n) is 3.16. The molecule has 24 heavy (non-hydrogen) atoms. The van der Waals surface area contributed by atoms with E-state index >= 15 is 0 Å². The van der Waals surface area contributed by atoms with Crippen molar-refractivity contribution in [3.63, 3.8) is 0 Å². The van der Waals surface area contributed by atoms with Gasteiger partial charge >= 0.3 is 0 Å². The smallest absolute Gasteiger partial charge is 0.255 e. The number of aryl methyl sites for hydroxylation is 3. The normalized spacial score (nSPS) is 13.6. The maximum Gasteiger partial charge on any atom is 0.255 e. The summed E-state index contributed by atoms with van der Waals surface area (Å²) < 4.78 is 0. The fourth-order valence-corrected chi connectivity index (χ4v) is 3.16. The molecule has 2 aromatic carbocycles. The number of carbonyl (C=O) groups excluding carboxylic acids is 2. The lowest BCUT2D eigenvalue weighted by molar-refractivity contribution is -0.118. The van der Waals surface area contributed by atoms with Crippen molar-refractivity contribution in [1.29, 1.82) is 0 Å². The number of rotatable bonds is 3. The van der Waals surface area contributed by atoms with Crippen LogP contribution in [0.5, 0.6) is 0 Å². The summed E-state index contributed by atoms with van der Waals surface area (Å²) in [4.78, 5) is 26.3. The molecule has 1 aliphatic rings. The second-order valence-electron chi connectivity index (χ2n) is 6.25. The molecular weight excluding hydrogens is 300 g/mol. The molecular formula is C20H22N2O2. The molecule has 0 radical (unpaired) electrons. The van der Waals surface area contributed by atoms with E-state index in [1.165, 1.54) is 0 Å². The van der Waals surface area contributed by atoms with Crippen molar-refractivity contribution in [2.24, 2.45) is 0 Å². The van der Waals surface area contributed by atoms with Gasteiger partial charge in [0, 0.05) is 29.9 Å². The summed E-state index contributed by atoms with van der Waals surface area (Å²) >= 11 is 0. The average Bonchev–Trinajstić information content (AvgIpc) is 2.57. The second-order valence-corrected chi connectivity index (χ2v) is 6.25. The Hall–Kier alpha value is -2.62. The van der Waals surface area contributed by atoms with Crippen LogP contribution in [-0.4, -0.2) is 18.4 Å². The summed E-state index contributed by atoms with van der Waals surface area (Å²) in [6.07, 6.45) is 1.24. The molecule has 2 aromatic rings. The van der Waals surface area contributed by atoms with E-state index in [1.54, 1.807) is 4.90 Å². The van der Waals surface area contributed by atoms with E-state index in [9.17, 15) is 9.59 Å². The first-order valence-corrected chi connectivity index (χ1v) is 8.31. The van der Waals surface area contributed by atoms with Gasteiger partial charge in [0.2, 0.25) is 5.91 Å². The van der Waals surface area contributed by atoms with Gasteiger partial charge in [-0.1, -0.05) is 17.7 Å². The molecule has 4 heteroatoms. The van der Waals surface area contributed by atoms with Gasteiger partial charge in [0.1, 0.15) is 0 Å². The highest BCUT2D eigenvalue weighted by Gasteiger charge is 2.23. The molecule has 0 saturated heterocycles. The lowest BCUT2D eigenvalue weighted by Crippen LogP contribution is -2.34. The zero-order chi connectivity index (χ0) is 17.3. The highest BCUT2D eigenvalue weighted by Crippen LogP contribution is 2.30. The van der Waals surface area contributed by atoms with Gasteiger partial charge in [0.15, 0.2) is 0 Å². The highest BCUT2D eigenvalue weighted by molar-refractivity contribution is 6.05. The van der Waals surface area contributed by atoms with Crippen LogP contribution in [0.25, 0.3) is 0 Å². The van der Waals surface area contributed by atoms with Gasteiger partial charge in [-0.15, -0.1) is 0 Å². The molecule has 1 aliphatic heterocycles. The third-order valence-corrected chi connectivity index (χ3v) is 4.49. The van der Waals surface area contributed by atoms with Crippen LogP contribution in [-0.2, 0) is 11.2 Å². The third-order valence-electron chi connectivity index (χ3n) is 4.49. The van der Waals surface area contributed by atoms with Crippen molar-refractivity contribution in [3.05, 3.63) is 58.7 Å². The van der Waals surface area contributed by atoms with Gasteiger partial charge in [-0.25, -0.2) is 0 Å². The quantitative estimate of drug-likeness (QED) is 0.933. The summed E-state index contributed by atoms with van der Waals surface area (Å²) in [5.74, 6) is 0.0626. The number of amides is 2. The summed E-state index contributed by atoms with van der Waals surface area (Å²) in [7, 11) is 0. The Kier molecular flexibility index (Phi) is 4.38. The van der Waals surface area contributed by atoms with Crippen LogP contribution in [0, 0.1) is 13.8 Å². The molecule has 0 bridgehead atoms. The zero-order valence-electron chi connectivity index (χ0n) is 14.3.